The molecule has 2 aromatic rings. The molecule has 0 fully saturated rings. The van der Waals surface area contributed by atoms with Crippen LogP contribution in [-0.2, 0) is 6.54 Å². The van der Waals surface area contributed by atoms with Crippen LogP contribution in [0.15, 0.2) is 41.0 Å². The van der Waals surface area contributed by atoms with Crippen LogP contribution in [0.2, 0.25) is 0 Å². The first kappa shape index (κ1) is 13.9. The molecule has 20 heavy (non-hydrogen) atoms. The van der Waals surface area contributed by atoms with Gasteiger partial charge in [0.15, 0.2) is 0 Å². The quantitative estimate of drug-likeness (QED) is 0.836. The zero-order valence-electron chi connectivity index (χ0n) is 11.1. The van der Waals surface area contributed by atoms with Crippen molar-refractivity contribution in [2.75, 3.05) is 6.61 Å². The van der Waals surface area contributed by atoms with Crippen LogP contribution in [-0.4, -0.2) is 17.6 Å². The van der Waals surface area contributed by atoms with Crippen LogP contribution in [0, 0.1) is 18.8 Å². The van der Waals surface area contributed by atoms with E-state index in [1.165, 1.54) is 6.26 Å². The molecule has 0 aliphatic carbocycles. The molecule has 0 aliphatic rings. The number of hydrogen-bond donors (Lipinski definition) is 2. The minimum Gasteiger partial charge on any atom is -0.469 e. The Morgan fingerprint density at radius 1 is 1.40 bits per heavy atom. The minimum atomic E-state index is -0.188. The molecule has 102 valence electrons. The fourth-order valence-corrected chi connectivity index (χ4v) is 1.77. The van der Waals surface area contributed by atoms with E-state index >= 15 is 0 Å². The number of hydrogen-bond acceptors (Lipinski definition) is 3. The average Bonchev–Trinajstić information content (AvgIpc) is 2.90. The molecule has 4 nitrogen and oxygen atoms in total. The van der Waals surface area contributed by atoms with Crippen molar-refractivity contribution in [1.29, 1.82) is 0 Å². The van der Waals surface area contributed by atoms with E-state index < -0.39 is 0 Å². The lowest BCUT2D eigenvalue weighted by Crippen LogP contribution is -2.22. The van der Waals surface area contributed by atoms with Crippen molar-refractivity contribution in [1.82, 2.24) is 5.32 Å². The molecule has 0 atom stereocenters. The first-order valence-corrected chi connectivity index (χ1v) is 6.21. The maximum absolute atomic E-state index is 11.9. The van der Waals surface area contributed by atoms with Crippen molar-refractivity contribution in [3.8, 4) is 11.8 Å². The van der Waals surface area contributed by atoms with E-state index in [-0.39, 0.29) is 12.5 Å². The zero-order chi connectivity index (χ0) is 14.4. The second-order valence-electron chi connectivity index (χ2n) is 4.25. The predicted molar refractivity (Wildman–Crippen MR) is 75.0 cm³/mol. The largest absolute Gasteiger partial charge is 0.469 e. The molecule has 1 aromatic carbocycles. The summed E-state index contributed by atoms with van der Waals surface area (Å²) in [4.78, 5) is 11.9. The second-order valence-corrected chi connectivity index (χ2v) is 4.25. The third-order valence-electron chi connectivity index (χ3n) is 2.75. The second kappa shape index (κ2) is 6.60. The molecule has 1 aromatic heterocycles. The molecule has 0 saturated heterocycles. The number of aliphatic hydroxyl groups is 1. The van der Waals surface area contributed by atoms with Crippen LogP contribution in [0.1, 0.15) is 27.2 Å². The van der Waals surface area contributed by atoms with Gasteiger partial charge in [0.05, 0.1) is 5.56 Å². The van der Waals surface area contributed by atoms with Crippen molar-refractivity contribution in [3.63, 3.8) is 0 Å². The Morgan fingerprint density at radius 3 is 2.90 bits per heavy atom. The van der Waals surface area contributed by atoms with Gasteiger partial charge in [-0.25, -0.2) is 0 Å². The van der Waals surface area contributed by atoms with Gasteiger partial charge < -0.3 is 14.8 Å². The van der Waals surface area contributed by atoms with E-state index in [4.69, 9.17) is 9.52 Å². The van der Waals surface area contributed by atoms with Crippen LogP contribution < -0.4 is 5.32 Å². The number of amides is 1. The lowest BCUT2D eigenvalue weighted by molar-refractivity contribution is 0.0950. The van der Waals surface area contributed by atoms with E-state index in [1.54, 1.807) is 13.0 Å². The maximum atomic E-state index is 11.9. The standard InChI is InChI=1S/C16H15NO3/c1-12-9-15(11-20-12)16(19)17-10-14-6-3-2-5-13(14)7-4-8-18/h2-3,5-6,9,11,18H,8,10H2,1H3,(H,17,19). The van der Waals surface area contributed by atoms with Crippen molar-refractivity contribution >= 4 is 5.91 Å². The fourth-order valence-electron chi connectivity index (χ4n) is 1.77. The number of carbonyl (C=O) groups excluding carboxylic acids is 1. The van der Waals surface area contributed by atoms with Gasteiger partial charge in [0.25, 0.3) is 5.91 Å². The Balaban J connectivity index is 2.06. The monoisotopic (exact) mass is 269 g/mol. The molecule has 2 N–H and O–H groups in total. The third kappa shape index (κ3) is 3.50. The molecule has 1 heterocycles. The van der Waals surface area contributed by atoms with E-state index in [9.17, 15) is 4.79 Å². The SMILES string of the molecule is Cc1cc(C(=O)NCc2ccccc2C#CCO)co1. The summed E-state index contributed by atoms with van der Waals surface area (Å²) in [6, 6.07) is 9.18. The highest BCUT2D eigenvalue weighted by Crippen LogP contribution is 2.09. The minimum absolute atomic E-state index is 0.186. The number of carbonyl (C=O) groups is 1. The number of aliphatic hydroxyl groups excluding tert-OH is 1. The maximum Gasteiger partial charge on any atom is 0.254 e. The van der Waals surface area contributed by atoms with E-state index in [2.05, 4.69) is 17.2 Å². The Morgan fingerprint density at radius 2 is 2.20 bits per heavy atom. The number of aryl methyl sites for hydroxylation is 1. The van der Waals surface area contributed by atoms with Gasteiger partial charge in [-0.3, -0.25) is 4.79 Å². The molecular formula is C16H15NO3. The average molecular weight is 269 g/mol. The van der Waals surface area contributed by atoms with Crippen molar-refractivity contribution in [3.05, 3.63) is 59.0 Å². The van der Waals surface area contributed by atoms with Crippen LogP contribution in [0.5, 0.6) is 0 Å². The summed E-state index contributed by atoms with van der Waals surface area (Å²) in [6.07, 6.45) is 1.43. The van der Waals surface area contributed by atoms with Gasteiger partial charge in [-0.2, -0.15) is 0 Å². The van der Waals surface area contributed by atoms with E-state index in [1.807, 2.05) is 24.3 Å². The molecule has 1 amide bonds. The Kier molecular flexibility index (Phi) is 4.59. The predicted octanol–water partition coefficient (Wildman–Crippen LogP) is 1.86. The van der Waals surface area contributed by atoms with Crippen LogP contribution in [0.3, 0.4) is 0 Å². The lowest BCUT2D eigenvalue weighted by atomic mass is 10.1. The van der Waals surface area contributed by atoms with Crippen molar-refractivity contribution < 1.29 is 14.3 Å². The number of benzene rings is 1. The summed E-state index contributed by atoms with van der Waals surface area (Å²) >= 11 is 0. The van der Waals surface area contributed by atoms with Crippen LogP contribution >= 0.6 is 0 Å². The molecule has 0 saturated carbocycles. The number of rotatable bonds is 3. The Labute approximate surface area is 117 Å². The van der Waals surface area contributed by atoms with Gasteiger partial charge in [0.1, 0.15) is 18.6 Å². The van der Waals surface area contributed by atoms with Gasteiger partial charge in [-0.05, 0) is 24.6 Å². The van der Waals surface area contributed by atoms with Gasteiger partial charge >= 0.3 is 0 Å². The molecule has 2 rings (SSSR count). The van der Waals surface area contributed by atoms with Gasteiger partial charge in [0, 0.05) is 12.1 Å². The number of furan rings is 1. The summed E-state index contributed by atoms with van der Waals surface area (Å²) < 4.78 is 5.10. The summed E-state index contributed by atoms with van der Waals surface area (Å²) in [6.45, 7) is 1.98. The molecule has 0 unspecified atom stereocenters. The van der Waals surface area contributed by atoms with Gasteiger partial charge in [-0.1, -0.05) is 30.0 Å². The smallest absolute Gasteiger partial charge is 0.254 e. The van der Waals surface area contributed by atoms with Crippen LogP contribution in [0.25, 0.3) is 0 Å². The fraction of sp³-hybridized carbons (Fsp3) is 0.188. The highest BCUT2D eigenvalue weighted by Gasteiger charge is 2.08. The molecule has 0 aliphatic heterocycles. The highest BCUT2D eigenvalue weighted by atomic mass is 16.3. The summed E-state index contributed by atoms with van der Waals surface area (Å²) in [5.74, 6) is 5.98. The van der Waals surface area contributed by atoms with E-state index in [0.717, 1.165) is 11.1 Å². The van der Waals surface area contributed by atoms with Gasteiger partial charge in [-0.15, -0.1) is 0 Å². The van der Waals surface area contributed by atoms with Crippen molar-refractivity contribution in [2.24, 2.45) is 0 Å². The van der Waals surface area contributed by atoms with Crippen LogP contribution in [0.4, 0.5) is 0 Å². The third-order valence-corrected chi connectivity index (χ3v) is 2.75. The first-order valence-electron chi connectivity index (χ1n) is 6.21. The summed E-state index contributed by atoms with van der Waals surface area (Å²) in [7, 11) is 0. The summed E-state index contributed by atoms with van der Waals surface area (Å²) in [5.41, 5.74) is 2.20. The molecule has 0 spiro atoms. The molecule has 4 heteroatoms. The molecule has 0 bridgehead atoms. The van der Waals surface area contributed by atoms with E-state index in [0.29, 0.717) is 17.9 Å². The number of nitrogens with one attached hydrogen (secondary N) is 1. The normalized spacial score (nSPS) is 9.70. The molecular weight excluding hydrogens is 254 g/mol. The zero-order valence-corrected chi connectivity index (χ0v) is 11.1. The first-order chi connectivity index (χ1) is 9.70. The summed E-state index contributed by atoms with van der Waals surface area (Å²) in [5, 5.41) is 11.5. The topological polar surface area (TPSA) is 62.5 Å². The lowest BCUT2D eigenvalue weighted by Gasteiger charge is -2.06. The molecule has 0 radical (unpaired) electrons. The highest BCUT2D eigenvalue weighted by molar-refractivity contribution is 5.93. The van der Waals surface area contributed by atoms with Gasteiger partial charge in [0.2, 0.25) is 0 Å². The Bertz CT molecular complexity index is 662. The van der Waals surface area contributed by atoms with Crippen molar-refractivity contribution in [2.45, 2.75) is 13.5 Å². The Hall–Kier alpha value is -2.51.